The van der Waals surface area contributed by atoms with E-state index in [1.165, 1.54) is 24.3 Å². The van der Waals surface area contributed by atoms with Crippen molar-refractivity contribution in [1.29, 1.82) is 5.26 Å². The molecule has 0 aliphatic heterocycles. The van der Waals surface area contributed by atoms with Crippen molar-refractivity contribution in [1.82, 2.24) is 4.37 Å². The van der Waals surface area contributed by atoms with Gasteiger partial charge in [-0.15, -0.1) is 0 Å². The van der Waals surface area contributed by atoms with Gasteiger partial charge in [0.1, 0.15) is 21.7 Å². The molecule has 0 aliphatic rings. The summed E-state index contributed by atoms with van der Waals surface area (Å²) in [5.74, 6) is -0.273. The summed E-state index contributed by atoms with van der Waals surface area (Å²) in [5, 5.41) is 25.1. The molecule has 3 aromatic rings. The molecule has 0 spiro atoms. The Hall–Kier alpha value is -2.93. The maximum atomic E-state index is 12.4. The number of nitro benzene ring substituents is 1. The number of nitro groups is 1. The molecule has 7 nitrogen and oxygen atoms in total. The lowest BCUT2D eigenvalue weighted by Crippen LogP contribution is -2.03. The number of nitriles is 1. The van der Waals surface area contributed by atoms with E-state index in [4.69, 9.17) is 11.6 Å². The van der Waals surface area contributed by atoms with Crippen molar-refractivity contribution in [3.05, 3.63) is 74.3 Å². The third-order valence-electron chi connectivity index (χ3n) is 3.94. The van der Waals surface area contributed by atoms with Crippen LogP contribution in [0.2, 0.25) is 5.02 Å². The van der Waals surface area contributed by atoms with Gasteiger partial charge >= 0.3 is 0 Å². The van der Waals surface area contributed by atoms with Gasteiger partial charge in [-0.1, -0.05) is 41.6 Å². The van der Waals surface area contributed by atoms with Gasteiger partial charge in [0.05, 0.1) is 10.7 Å². The number of Topliss-reactive ketones (excluding diaryl/α,β-unsaturated/α-hetero) is 1. The van der Waals surface area contributed by atoms with Gasteiger partial charge in [-0.3, -0.25) is 14.9 Å². The Bertz CT molecular complexity index is 1140. The second kappa shape index (κ2) is 9.05. The number of ketones is 1. The largest absolute Gasteiger partial charge is 0.345 e. The second-order valence-corrected chi connectivity index (χ2v) is 8.08. The number of thioether (sulfide) groups is 1. The SMILES string of the molecule is Cc1ccc(Cl)cc1Nc1snc(SCC(=O)c2cccc([N+](=O)[O-])c2)c1C#N. The van der Waals surface area contributed by atoms with Gasteiger partial charge in [-0.05, 0) is 36.2 Å². The topological polar surface area (TPSA) is 109 Å². The average Bonchev–Trinajstić information content (AvgIpc) is 3.10. The molecule has 1 heterocycles. The summed E-state index contributed by atoms with van der Waals surface area (Å²) in [4.78, 5) is 22.7. The lowest BCUT2D eigenvalue weighted by molar-refractivity contribution is -0.384. The summed E-state index contributed by atoms with van der Waals surface area (Å²) in [6, 6.07) is 13.1. The lowest BCUT2D eigenvalue weighted by atomic mass is 10.1. The zero-order valence-electron chi connectivity index (χ0n) is 15.0. The Labute approximate surface area is 179 Å². The lowest BCUT2D eigenvalue weighted by Gasteiger charge is -2.08. The van der Waals surface area contributed by atoms with E-state index in [-0.39, 0.29) is 22.8 Å². The molecular weight excluding hydrogens is 432 g/mol. The van der Waals surface area contributed by atoms with Crippen molar-refractivity contribution in [3.8, 4) is 6.07 Å². The van der Waals surface area contributed by atoms with Gasteiger partial charge in [0, 0.05) is 28.4 Å². The number of hydrogen-bond acceptors (Lipinski definition) is 8. The molecule has 0 amide bonds. The van der Waals surface area contributed by atoms with Crippen molar-refractivity contribution in [2.24, 2.45) is 0 Å². The molecule has 0 saturated heterocycles. The van der Waals surface area contributed by atoms with E-state index in [2.05, 4.69) is 15.8 Å². The highest BCUT2D eigenvalue weighted by molar-refractivity contribution is 8.00. The Kier molecular flexibility index (Phi) is 6.49. The predicted octanol–water partition coefficient (Wildman–Crippen LogP) is 5.60. The van der Waals surface area contributed by atoms with Gasteiger partial charge in [-0.2, -0.15) is 9.64 Å². The Morgan fingerprint density at radius 1 is 1.38 bits per heavy atom. The minimum atomic E-state index is -0.548. The zero-order valence-corrected chi connectivity index (χ0v) is 17.4. The first-order valence-electron chi connectivity index (χ1n) is 8.22. The molecule has 10 heteroatoms. The molecule has 0 unspecified atom stereocenters. The van der Waals surface area contributed by atoms with Crippen LogP contribution in [0.1, 0.15) is 21.5 Å². The van der Waals surface area contributed by atoms with Crippen LogP contribution in [0.15, 0.2) is 47.5 Å². The molecule has 0 atom stereocenters. The van der Waals surface area contributed by atoms with E-state index in [0.717, 1.165) is 34.5 Å². The molecule has 0 saturated carbocycles. The van der Waals surface area contributed by atoms with Crippen LogP contribution in [0.4, 0.5) is 16.4 Å². The highest BCUT2D eigenvalue weighted by atomic mass is 35.5. The number of nitrogens with zero attached hydrogens (tertiary/aromatic N) is 3. The van der Waals surface area contributed by atoms with Crippen molar-refractivity contribution >= 4 is 57.1 Å². The molecule has 0 fully saturated rings. The van der Waals surface area contributed by atoms with Gasteiger partial charge in [0.2, 0.25) is 0 Å². The normalized spacial score (nSPS) is 10.4. The quantitative estimate of drug-likeness (QED) is 0.218. The molecular formula is C19H13ClN4O3S2. The van der Waals surface area contributed by atoms with Crippen molar-refractivity contribution in [2.75, 3.05) is 11.1 Å². The number of non-ortho nitro benzene ring substituents is 1. The highest BCUT2D eigenvalue weighted by Crippen LogP contribution is 2.35. The summed E-state index contributed by atoms with van der Waals surface area (Å²) in [5.41, 5.74) is 2.17. The minimum Gasteiger partial charge on any atom is -0.345 e. The number of hydrogen-bond donors (Lipinski definition) is 1. The monoisotopic (exact) mass is 444 g/mol. The molecule has 1 aromatic heterocycles. The van der Waals surface area contributed by atoms with Crippen LogP contribution in [0, 0.1) is 28.4 Å². The predicted molar refractivity (Wildman–Crippen MR) is 114 cm³/mol. The summed E-state index contributed by atoms with van der Waals surface area (Å²) in [6.07, 6.45) is 0. The maximum Gasteiger partial charge on any atom is 0.270 e. The standard InChI is InChI=1S/C19H13ClN4O3S2/c1-11-5-6-13(20)8-16(11)22-18-15(9-21)19(23-29-18)28-10-17(25)12-3-2-4-14(7-12)24(26)27/h2-8,22H,10H2,1H3. The molecule has 2 aromatic carbocycles. The van der Waals surface area contributed by atoms with E-state index in [0.29, 0.717) is 20.6 Å². The van der Waals surface area contributed by atoms with Crippen molar-refractivity contribution in [2.45, 2.75) is 11.9 Å². The highest BCUT2D eigenvalue weighted by Gasteiger charge is 2.18. The summed E-state index contributed by atoms with van der Waals surface area (Å²) < 4.78 is 4.27. The fourth-order valence-electron chi connectivity index (χ4n) is 2.42. The molecule has 1 N–H and O–H groups in total. The molecule has 146 valence electrons. The first kappa shape index (κ1) is 20.8. The van der Waals surface area contributed by atoms with Crippen LogP contribution >= 0.6 is 34.9 Å². The number of aromatic nitrogens is 1. The van der Waals surface area contributed by atoms with Gasteiger partial charge in [0.25, 0.3) is 5.69 Å². The number of carbonyl (C=O) groups excluding carboxylic acids is 1. The number of anilines is 2. The first-order valence-corrected chi connectivity index (χ1v) is 10.4. The van der Waals surface area contributed by atoms with E-state index in [1.54, 1.807) is 12.1 Å². The summed E-state index contributed by atoms with van der Waals surface area (Å²) in [7, 11) is 0. The Morgan fingerprint density at radius 2 is 2.17 bits per heavy atom. The van der Waals surface area contributed by atoms with Crippen LogP contribution in [-0.4, -0.2) is 20.8 Å². The van der Waals surface area contributed by atoms with Gasteiger partial charge in [0.15, 0.2) is 5.78 Å². The van der Waals surface area contributed by atoms with Crippen molar-refractivity contribution < 1.29 is 9.72 Å². The second-order valence-electron chi connectivity index (χ2n) is 5.91. The van der Waals surface area contributed by atoms with Gasteiger partial charge in [-0.25, -0.2) is 0 Å². The Morgan fingerprint density at radius 3 is 2.90 bits per heavy atom. The summed E-state index contributed by atoms with van der Waals surface area (Å²) in [6.45, 7) is 1.92. The Balaban J connectivity index is 1.75. The number of halogens is 1. The summed E-state index contributed by atoms with van der Waals surface area (Å²) >= 11 is 8.27. The molecule has 29 heavy (non-hydrogen) atoms. The first-order chi connectivity index (χ1) is 13.9. The third-order valence-corrected chi connectivity index (χ3v) is 6.03. The van der Waals surface area contributed by atoms with E-state index < -0.39 is 4.92 Å². The molecule has 0 radical (unpaired) electrons. The smallest absolute Gasteiger partial charge is 0.270 e. The maximum absolute atomic E-state index is 12.4. The van der Waals surface area contributed by atoms with E-state index in [9.17, 15) is 20.2 Å². The van der Waals surface area contributed by atoms with Crippen LogP contribution in [0.25, 0.3) is 0 Å². The fraction of sp³-hybridized carbons (Fsp3) is 0.105. The number of benzene rings is 2. The minimum absolute atomic E-state index is 0.00914. The number of carbonyl (C=O) groups is 1. The molecule has 3 rings (SSSR count). The van der Waals surface area contributed by atoms with E-state index >= 15 is 0 Å². The number of rotatable bonds is 7. The van der Waals surface area contributed by atoms with Crippen molar-refractivity contribution in [3.63, 3.8) is 0 Å². The van der Waals surface area contributed by atoms with E-state index in [1.807, 2.05) is 13.0 Å². The number of nitrogens with one attached hydrogen (secondary N) is 1. The van der Waals surface area contributed by atoms with Crippen LogP contribution in [0.5, 0.6) is 0 Å². The van der Waals surface area contributed by atoms with Crippen LogP contribution in [-0.2, 0) is 0 Å². The van der Waals surface area contributed by atoms with Gasteiger partial charge < -0.3 is 5.32 Å². The number of aryl methyl sites for hydroxylation is 1. The molecule has 0 aliphatic carbocycles. The third kappa shape index (κ3) is 4.92. The van der Waals surface area contributed by atoms with Crippen LogP contribution < -0.4 is 5.32 Å². The zero-order chi connectivity index (χ0) is 21.0. The fourth-order valence-corrected chi connectivity index (χ4v) is 4.36. The average molecular weight is 445 g/mol. The van der Waals surface area contributed by atoms with Crippen LogP contribution in [0.3, 0.4) is 0 Å². The molecule has 0 bridgehead atoms.